The Morgan fingerprint density at radius 3 is 3.22 bits per heavy atom. The molecule has 1 aliphatic heterocycles. The summed E-state index contributed by atoms with van der Waals surface area (Å²) in [5, 5.41) is 0. The molecule has 2 heteroatoms. The van der Waals surface area contributed by atoms with Crippen LogP contribution in [0.4, 0.5) is 0 Å². The van der Waals surface area contributed by atoms with Crippen LogP contribution >= 0.6 is 0 Å². The molecule has 0 radical (unpaired) electrons. The lowest BCUT2D eigenvalue weighted by Gasteiger charge is -1.90. The van der Waals surface area contributed by atoms with Gasteiger partial charge in [-0.15, -0.1) is 0 Å². The average Bonchev–Trinajstić information content (AvgIpc) is 1.97. The molecule has 0 bridgehead atoms. The van der Waals surface area contributed by atoms with Crippen molar-refractivity contribution in [2.45, 2.75) is 6.92 Å². The van der Waals surface area contributed by atoms with Crippen LogP contribution < -0.4 is 5.73 Å². The molecule has 0 aliphatic carbocycles. The number of aliphatic imine (C=N–C) groups is 1. The van der Waals surface area contributed by atoms with Crippen LogP contribution in [-0.2, 0) is 0 Å². The van der Waals surface area contributed by atoms with E-state index < -0.39 is 0 Å². The predicted octanol–water partition coefficient (Wildman–Crippen LogP) is 1.06. The van der Waals surface area contributed by atoms with E-state index in [1.807, 2.05) is 18.4 Å². The van der Waals surface area contributed by atoms with Crippen LogP contribution in [0, 0.1) is 5.92 Å². The summed E-state index contributed by atoms with van der Waals surface area (Å²) in [6.07, 6.45) is 7.59. The summed E-state index contributed by atoms with van der Waals surface area (Å²) in [4.78, 5) is 3.96. The summed E-state index contributed by atoms with van der Waals surface area (Å²) in [7, 11) is 0. The number of rotatable bonds is 0. The highest BCUT2D eigenvalue weighted by molar-refractivity contribution is 5.64. The van der Waals surface area contributed by atoms with E-state index in [0.717, 1.165) is 0 Å². The summed E-state index contributed by atoms with van der Waals surface area (Å²) >= 11 is 0. The smallest absolute Gasteiger partial charge is 0.122 e. The predicted molar refractivity (Wildman–Crippen MR) is 39.1 cm³/mol. The topological polar surface area (TPSA) is 38.4 Å². The molecule has 0 saturated carbocycles. The number of allylic oxidation sites excluding steroid dienone is 3. The van der Waals surface area contributed by atoms with Crippen molar-refractivity contribution in [3.8, 4) is 0 Å². The lowest BCUT2D eigenvalue weighted by molar-refractivity contribution is 1.02. The maximum atomic E-state index is 5.41. The second-order valence-corrected chi connectivity index (χ2v) is 2.11. The second kappa shape index (κ2) is 2.49. The number of nitrogens with zero attached hydrogens (tertiary/aromatic N) is 1. The molecule has 0 spiro atoms. The molecule has 0 amide bonds. The van der Waals surface area contributed by atoms with Crippen molar-refractivity contribution in [3.05, 3.63) is 24.0 Å². The second-order valence-electron chi connectivity index (χ2n) is 2.11. The van der Waals surface area contributed by atoms with Crippen LogP contribution in [0.2, 0.25) is 0 Å². The maximum absolute atomic E-state index is 5.41. The van der Waals surface area contributed by atoms with Crippen molar-refractivity contribution in [3.63, 3.8) is 0 Å². The van der Waals surface area contributed by atoms with Gasteiger partial charge in [-0.25, -0.2) is 4.99 Å². The van der Waals surface area contributed by atoms with E-state index in [4.69, 9.17) is 5.73 Å². The summed E-state index contributed by atoms with van der Waals surface area (Å²) in [5.41, 5.74) is 5.41. The Labute approximate surface area is 54.8 Å². The Kier molecular flexibility index (Phi) is 1.68. The zero-order valence-corrected chi connectivity index (χ0v) is 5.41. The third-order valence-electron chi connectivity index (χ3n) is 1.14. The Balaban J connectivity index is 2.75. The van der Waals surface area contributed by atoms with Crippen molar-refractivity contribution >= 4 is 6.21 Å². The fourth-order valence-electron chi connectivity index (χ4n) is 0.626. The monoisotopic (exact) mass is 122 g/mol. The first-order valence-corrected chi connectivity index (χ1v) is 2.97. The average molecular weight is 122 g/mol. The highest BCUT2D eigenvalue weighted by atomic mass is 14.9. The zero-order chi connectivity index (χ0) is 6.69. The summed E-state index contributed by atoms with van der Waals surface area (Å²) < 4.78 is 0. The van der Waals surface area contributed by atoms with E-state index in [9.17, 15) is 0 Å². The molecule has 0 saturated heterocycles. The van der Waals surface area contributed by atoms with E-state index >= 15 is 0 Å². The molecule has 0 aromatic rings. The van der Waals surface area contributed by atoms with E-state index in [-0.39, 0.29) is 0 Å². The lowest BCUT2D eigenvalue weighted by Crippen LogP contribution is -1.93. The SMILES string of the molecule is CC1C=CC=C(N)N=C1. The molecule has 0 fully saturated rings. The standard InChI is InChI=1S/C7H10N2/c1-6-3-2-4-7(8)9-5-6/h2-6H,8H2,1H3. The van der Waals surface area contributed by atoms with Gasteiger partial charge in [-0.1, -0.05) is 19.1 Å². The van der Waals surface area contributed by atoms with Gasteiger partial charge < -0.3 is 5.73 Å². The van der Waals surface area contributed by atoms with Gasteiger partial charge >= 0.3 is 0 Å². The fourth-order valence-corrected chi connectivity index (χ4v) is 0.626. The Morgan fingerprint density at radius 1 is 1.67 bits per heavy atom. The van der Waals surface area contributed by atoms with Gasteiger partial charge in [0.05, 0.1) is 0 Å². The van der Waals surface area contributed by atoms with Crippen LogP contribution in [0.3, 0.4) is 0 Å². The Bertz CT molecular complexity index is 177. The molecular formula is C7H10N2. The number of nitrogens with two attached hydrogens (primary N) is 1. The first-order chi connectivity index (χ1) is 4.29. The third kappa shape index (κ3) is 1.72. The van der Waals surface area contributed by atoms with Gasteiger partial charge in [-0.2, -0.15) is 0 Å². The van der Waals surface area contributed by atoms with Crippen molar-refractivity contribution in [1.82, 2.24) is 0 Å². The third-order valence-corrected chi connectivity index (χ3v) is 1.14. The molecule has 1 atom stereocenters. The van der Waals surface area contributed by atoms with Crippen LogP contribution in [0.25, 0.3) is 0 Å². The molecule has 48 valence electrons. The molecule has 1 heterocycles. The molecule has 0 aromatic heterocycles. The first-order valence-electron chi connectivity index (χ1n) is 2.97. The molecule has 1 unspecified atom stereocenters. The fraction of sp³-hybridized carbons (Fsp3) is 0.286. The molecule has 2 nitrogen and oxygen atoms in total. The van der Waals surface area contributed by atoms with Gasteiger partial charge in [0.25, 0.3) is 0 Å². The largest absolute Gasteiger partial charge is 0.384 e. The summed E-state index contributed by atoms with van der Waals surface area (Å²) in [6, 6.07) is 0. The quantitative estimate of drug-likeness (QED) is 0.512. The van der Waals surface area contributed by atoms with E-state index in [0.29, 0.717) is 11.7 Å². The van der Waals surface area contributed by atoms with Crippen LogP contribution in [0.15, 0.2) is 29.0 Å². The molecule has 2 N–H and O–H groups in total. The van der Waals surface area contributed by atoms with E-state index in [1.165, 1.54) is 0 Å². The van der Waals surface area contributed by atoms with Gasteiger partial charge in [-0.05, 0) is 6.08 Å². The Hall–Kier alpha value is -1.05. The van der Waals surface area contributed by atoms with Crippen LogP contribution in [0.1, 0.15) is 6.92 Å². The van der Waals surface area contributed by atoms with Gasteiger partial charge in [0, 0.05) is 12.1 Å². The zero-order valence-electron chi connectivity index (χ0n) is 5.41. The van der Waals surface area contributed by atoms with Crippen LogP contribution in [0.5, 0.6) is 0 Å². The minimum absolute atomic E-state index is 0.405. The van der Waals surface area contributed by atoms with Crippen molar-refractivity contribution in [2.75, 3.05) is 0 Å². The highest BCUT2D eigenvalue weighted by Gasteiger charge is 1.92. The molecule has 1 aliphatic rings. The first kappa shape index (κ1) is 6.08. The van der Waals surface area contributed by atoms with Crippen molar-refractivity contribution in [1.29, 1.82) is 0 Å². The van der Waals surface area contributed by atoms with Gasteiger partial charge in [0.15, 0.2) is 0 Å². The van der Waals surface area contributed by atoms with Gasteiger partial charge in [-0.3, -0.25) is 0 Å². The lowest BCUT2D eigenvalue weighted by atomic mass is 10.2. The van der Waals surface area contributed by atoms with Gasteiger partial charge in [0.1, 0.15) is 5.82 Å². The number of hydrogen-bond acceptors (Lipinski definition) is 2. The highest BCUT2D eigenvalue weighted by Crippen LogP contribution is 2.00. The van der Waals surface area contributed by atoms with Gasteiger partial charge in [0.2, 0.25) is 0 Å². The molecule has 1 rings (SSSR count). The minimum atomic E-state index is 0.405. The molecular weight excluding hydrogens is 112 g/mol. The molecule has 9 heavy (non-hydrogen) atoms. The number of hydrogen-bond donors (Lipinski definition) is 1. The summed E-state index contributed by atoms with van der Waals surface area (Å²) in [5.74, 6) is 0.984. The normalized spacial score (nSPS) is 25.4. The van der Waals surface area contributed by atoms with Crippen molar-refractivity contribution in [2.24, 2.45) is 16.6 Å². The maximum Gasteiger partial charge on any atom is 0.122 e. The van der Waals surface area contributed by atoms with E-state index in [2.05, 4.69) is 11.9 Å². The summed E-state index contributed by atoms with van der Waals surface area (Å²) in [6.45, 7) is 2.06. The van der Waals surface area contributed by atoms with Crippen molar-refractivity contribution < 1.29 is 0 Å². The van der Waals surface area contributed by atoms with Crippen LogP contribution in [-0.4, -0.2) is 6.21 Å². The minimum Gasteiger partial charge on any atom is -0.384 e. The Morgan fingerprint density at radius 2 is 2.44 bits per heavy atom. The molecule has 0 aromatic carbocycles. The van der Waals surface area contributed by atoms with E-state index in [1.54, 1.807) is 6.08 Å².